The Kier molecular flexibility index (Phi) is 3.80. The Hall–Kier alpha value is -3.74. The molecule has 25 heavy (non-hydrogen) atoms. The van der Waals surface area contributed by atoms with Gasteiger partial charge in [0.25, 0.3) is 5.91 Å². The van der Waals surface area contributed by atoms with Crippen LogP contribution in [0.15, 0.2) is 79.9 Å². The van der Waals surface area contributed by atoms with E-state index < -0.39 is 0 Å². The molecule has 1 N–H and O–H groups in total. The van der Waals surface area contributed by atoms with Crippen molar-refractivity contribution in [3.8, 4) is 11.4 Å². The van der Waals surface area contributed by atoms with Crippen molar-refractivity contribution in [2.75, 3.05) is 5.32 Å². The average molecular weight is 330 g/mol. The molecule has 4 rings (SSSR count). The summed E-state index contributed by atoms with van der Waals surface area (Å²) in [6.45, 7) is 0. The van der Waals surface area contributed by atoms with E-state index in [1.165, 1.54) is 0 Å². The lowest BCUT2D eigenvalue weighted by molar-refractivity contribution is 0.102. The van der Waals surface area contributed by atoms with Gasteiger partial charge in [0, 0.05) is 35.0 Å². The van der Waals surface area contributed by atoms with Gasteiger partial charge in [-0.25, -0.2) is 4.98 Å². The normalized spacial score (nSPS) is 10.6. The Morgan fingerprint density at radius 3 is 2.08 bits per heavy atom. The maximum absolute atomic E-state index is 12.4. The first-order valence-corrected chi connectivity index (χ1v) is 7.64. The number of anilines is 1. The molecule has 1 amide bonds. The summed E-state index contributed by atoms with van der Waals surface area (Å²) in [4.78, 5) is 16.4. The second-order valence-corrected chi connectivity index (χ2v) is 5.39. The molecule has 0 fully saturated rings. The number of hydrogen-bond donors (Lipinski definition) is 1. The first-order valence-electron chi connectivity index (χ1n) is 7.64. The fraction of sp³-hybridized carbons (Fsp3) is 0. The van der Waals surface area contributed by atoms with Gasteiger partial charge in [-0.05, 0) is 48.5 Å². The minimum Gasteiger partial charge on any atom is -0.322 e. The van der Waals surface area contributed by atoms with Gasteiger partial charge in [-0.1, -0.05) is 0 Å². The number of benzene rings is 2. The maximum Gasteiger partial charge on any atom is 0.255 e. The van der Waals surface area contributed by atoms with Crippen molar-refractivity contribution in [3.63, 3.8) is 0 Å². The van der Waals surface area contributed by atoms with Crippen LogP contribution in [0.2, 0.25) is 0 Å². The zero-order valence-electron chi connectivity index (χ0n) is 13.1. The van der Waals surface area contributed by atoms with E-state index in [2.05, 4.69) is 20.5 Å². The summed E-state index contributed by atoms with van der Waals surface area (Å²) >= 11 is 0. The van der Waals surface area contributed by atoms with Crippen molar-refractivity contribution in [1.29, 1.82) is 0 Å². The van der Waals surface area contributed by atoms with Crippen molar-refractivity contribution in [2.45, 2.75) is 0 Å². The summed E-state index contributed by atoms with van der Waals surface area (Å²) in [5.41, 5.74) is 3.19. The van der Waals surface area contributed by atoms with Crippen LogP contribution in [-0.4, -0.2) is 30.2 Å². The molecule has 0 aliphatic rings. The number of aromatic nitrogens is 5. The molecule has 0 saturated carbocycles. The summed E-state index contributed by atoms with van der Waals surface area (Å²) in [7, 11) is 0. The van der Waals surface area contributed by atoms with Gasteiger partial charge in [-0.2, -0.15) is 0 Å². The van der Waals surface area contributed by atoms with Gasteiger partial charge in [-0.15, -0.1) is 10.2 Å². The van der Waals surface area contributed by atoms with E-state index in [9.17, 15) is 4.79 Å². The number of nitrogens with one attached hydrogen (secondary N) is 1. The Labute approximate surface area is 143 Å². The zero-order chi connectivity index (χ0) is 17.1. The molecule has 0 bridgehead atoms. The minimum atomic E-state index is -0.161. The van der Waals surface area contributed by atoms with Gasteiger partial charge in [0.1, 0.15) is 12.7 Å². The lowest BCUT2D eigenvalue weighted by Crippen LogP contribution is -2.11. The van der Waals surface area contributed by atoms with E-state index in [1.807, 2.05) is 47.2 Å². The largest absolute Gasteiger partial charge is 0.322 e. The molecule has 0 unspecified atom stereocenters. The van der Waals surface area contributed by atoms with Crippen molar-refractivity contribution in [3.05, 3.63) is 85.5 Å². The summed E-state index contributed by atoms with van der Waals surface area (Å²) in [6, 6.07) is 14.8. The summed E-state index contributed by atoms with van der Waals surface area (Å²) in [6.07, 6.45) is 8.53. The Morgan fingerprint density at radius 2 is 1.44 bits per heavy atom. The predicted molar refractivity (Wildman–Crippen MR) is 92.9 cm³/mol. The molecule has 0 aliphatic carbocycles. The molecule has 0 aliphatic heterocycles. The molecule has 7 heteroatoms. The van der Waals surface area contributed by atoms with Crippen LogP contribution in [0.25, 0.3) is 11.4 Å². The van der Waals surface area contributed by atoms with Crippen molar-refractivity contribution < 1.29 is 4.79 Å². The second kappa shape index (κ2) is 6.40. The quantitative estimate of drug-likeness (QED) is 0.624. The monoisotopic (exact) mass is 330 g/mol. The predicted octanol–water partition coefficient (Wildman–Crippen LogP) is 2.71. The first-order chi connectivity index (χ1) is 12.3. The van der Waals surface area contributed by atoms with E-state index in [0.29, 0.717) is 5.56 Å². The number of carbonyl (C=O) groups excluding carboxylic acids is 1. The highest BCUT2D eigenvalue weighted by Gasteiger charge is 2.07. The molecule has 122 valence electrons. The molecule has 0 atom stereocenters. The fourth-order valence-corrected chi connectivity index (χ4v) is 2.45. The van der Waals surface area contributed by atoms with Gasteiger partial charge in [-0.3, -0.25) is 9.36 Å². The van der Waals surface area contributed by atoms with Crippen LogP contribution in [0.5, 0.6) is 0 Å². The van der Waals surface area contributed by atoms with Gasteiger partial charge >= 0.3 is 0 Å². The summed E-state index contributed by atoms with van der Waals surface area (Å²) < 4.78 is 3.67. The highest BCUT2D eigenvalue weighted by molar-refractivity contribution is 6.04. The molecule has 2 aromatic carbocycles. The lowest BCUT2D eigenvalue weighted by Gasteiger charge is -2.08. The van der Waals surface area contributed by atoms with Crippen LogP contribution in [0.1, 0.15) is 10.4 Å². The van der Waals surface area contributed by atoms with E-state index in [0.717, 1.165) is 17.1 Å². The van der Waals surface area contributed by atoms with Crippen LogP contribution >= 0.6 is 0 Å². The molecule has 4 aromatic rings. The van der Waals surface area contributed by atoms with E-state index in [1.54, 1.807) is 41.9 Å². The molecule has 2 aromatic heterocycles. The van der Waals surface area contributed by atoms with Crippen LogP contribution in [0.3, 0.4) is 0 Å². The minimum absolute atomic E-state index is 0.161. The molecule has 7 nitrogen and oxygen atoms in total. The number of imidazole rings is 1. The van der Waals surface area contributed by atoms with Gasteiger partial charge in [0.15, 0.2) is 0 Å². The van der Waals surface area contributed by atoms with Crippen LogP contribution in [0.4, 0.5) is 5.69 Å². The van der Waals surface area contributed by atoms with Gasteiger partial charge < -0.3 is 9.88 Å². The van der Waals surface area contributed by atoms with E-state index in [-0.39, 0.29) is 5.91 Å². The van der Waals surface area contributed by atoms with Gasteiger partial charge in [0.2, 0.25) is 0 Å². The molecule has 2 heterocycles. The SMILES string of the molecule is O=C(Nc1ccc(-n2ccnc2)cc1)c1ccc(-n2cnnc2)cc1. The third kappa shape index (κ3) is 3.16. The summed E-state index contributed by atoms with van der Waals surface area (Å²) in [5, 5.41) is 10.4. The number of amides is 1. The highest BCUT2D eigenvalue weighted by Crippen LogP contribution is 2.15. The van der Waals surface area contributed by atoms with Crippen LogP contribution in [0, 0.1) is 0 Å². The Bertz CT molecular complexity index is 958. The smallest absolute Gasteiger partial charge is 0.255 e. The standard InChI is InChI=1S/C18H14N6O/c25-18(14-1-5-17(6-2-14)24-12-20-21-13-24)22-15-3-7-16(8-4-15)23-10-9-19-11-23/h1-13H,(H,22,25). The van der Waals surface area contributed by atoms with E-state index >= 15 is 0 Å². The molecule has 0 spiro atoms. The zero-order valence-corrected chi connectivity index (χ0v) is 13.1. The molecular formula is C18H14N6O. The van der Waals surface area contributed by atoms with Crippen LogP contribution in [-0.2, 0) is 0 Å². The number of nitrogens with zero attached hydrogens (tertiary/aromatic N) is 5. The topological polar surface area (TPSA) is 77.6 Å². The molecule has 0 radical (unpaired) electrons. The lowest BCUT2D eigenvalue weighted by atomic mass is 10.2. The fourth-order valence-electron chi connectivity index (χ4n) is 2.45. The number of carbonyl (C=O) groups is 1. The Balaban J connectivity index is 1.46. The average Bonchev–Trinajstić information content (AvgIpc) is 3.36. The van der Waals surface area contributed by atoms with Crippen molar-refractivity contribution >= 4 is 11.6 Å². The number of hydrogen-bond acceptors (Lipinski definition) is 4. The third-order valence-corrected chi connectivity index (χ3v) is 3.77. The highest BCUT2D eigenvalue weighted by atomic mass is 16.1. The van der Waals surface area contributed by atoms with Gasteiger partial charge in [0.05, 0.1) is 6.33 Å². The third-order valence-electron chi connectivity index (χ3n) is 3.77. The Morgan fingerprint density at radius 1 is 0.800 bits per heavy atom. The number of rotatable bonds is 4. The van der Waals surface area contributed by atoms with Crippen molar-refractivity contribution in [2.24, 2.45) is 0 Å². The maximum atomic E-state index is 12.4. The van der Waals surface area contributed by atoms with Crippen molar-refractivity contribution in [1.82, 2.24) is 24.3 Å². The van der Waals surface area contributed by atoms with Crippen LogP contribution < -0.4 is 5.32 Å². The molecular weight excluding hydrogens is 316 g/mol. The second-order valence-electron chi connectivity index (χ2n) is 5.39. The van der Waals surface area contributed by atoms with E-state index in [4.69, 9.17) is 0 Å². The first kappa shape index (κ1) is 14.8. The summed E-state index contributed by atoms with van der Waals surface area (Å²) in [5.74, 6) is -0.161. The molecule has 0 saturated heterocycles.